The fourth-order valence-corrected chi connectivity index (χ4v) is 3.78. The van der Waals surface area contributed by atoms with E-state index >= 15 is 0 Å². The first-order chi connectivity index (χ1) is 10.8. The number of piperazine rings is 1. The topological polar surface area (TPSA) is 6.48 Å². The summed E-state index contributed by atoms with van der Waals surface area (Å²) in [6.45, 7) is 8.29. The van der Waals surface area contributed by atoms with E-state index in [-0.39, 0.29) is 0 Å². The number of aryl methyl sites for hydroxylation is 1. The van der Waals surface area contributed by atoms with Gasteiger partial charge in [0.1, 0.15) is 0 Å². The van der Waals surface area contributed by atoms with Crippen LogP contribution < -0.4 is 0 Å². The van der Waals surface area contributed by atoms with Crippen LogP contribution in [0.1, 0.15) is 43.7 Å². The van der Waals surface area contributed by atoms with E-state index in [1.807, 2.05) is 0 Å². The minimum absolute atomic E-state index is 0.898. The van der Waals surface area contributed by atoms with Crippen LogP contribution in [0, 0.1) is 0 Å². The van der Waals surface area contributed by atoms with Crippen LogP contribution in [0.2, 0.25) is 0 Å². The lowest BCUT2D eigenvalue weighted by Gasteiger charge is -2.37. The van der Waals surface area contributed by atoms with Crippen molar-refractivity contribution < 1.29 is 0 Å². The Morgan fingerprint density at radius 3 is 2.32 bits per heavy atom. The maximum atomic E-state index is 2.73. The van der Waals surface area contributed by atoms with Gasteiger partial charge in [0.05, 0.1) is 0 Å². The van der Waals surface area contributed by atoms with E-state index in [4.69, 9.17) is 0 Å². The highest BCUT2D eigenvalue weighted by Crippen LogP contribution is 2.24. The number of rotatable bonds is 5. The minimum Gasteiger partial charge on any atom is -0.298 e. The zero-order valence-electron chi connectivity index (χ0n) is 14.0. The van der Waals surface area contributed by atoms with Crippen molar-refractivity contribution in [2.45, 2.75) is 45.1 Å². The molecule has 2 aliphatic rings. The van der Waals surface area contributed by atoms with Gasteiger partial charge in [0.15, 0.2) is 0 Å². The summed E-state index contributed by atoms with van der Waals surface area (Å²) >= 11 is 0. The summed E-state index contributed by atoms with van der Waals surface area (Å²) in [4.78, 5) is 5.32. The van der Waals surface area contributed by atoms with Crippen molar-refractivity contribution in [2.75, 3.05) is 32.7 Å². The summed E-state index contributed by atoms with van der Waals surface area (Å²) in [5, 5.41) is 0. The van der Waals surface area contributed by atoms with Crippen LogP contribution in [0.3, 0.4) is 0 Å². The van der Waals surface area contributed by atoms with E-state index in [0.717, 1.165) is 19.0 Å². The SMILES string of the molecule is CCc1ccc(/C=C/CN2CCN(C3CCCC3)CC2)cc1. The molecule has 3 rings (SSSR count). The van der Waals surface area contributed by atoms with E-state index in [1.165, 1.54) is 63.0 Å². The first kappa shape index (κ1) is 15.8. The molecule has 2 heteroatoms. The Kier molecular flexibility index (Phi) is 5.69. The average Bonchev–Trinajstić information content (AvgIpc) is 3.11. The minimum atomic E-state index is 0.898. The third-order valence-electron chi connectivity index (χ3n) is 5.31. The third kappa shape index (κ3) is 4.21. The van der Waals surface area contributed by atoms with E-state index in [1.54, 1.807) is 0 Å². The Bertz CT molecular complexity index is 463. The van der Waals surface area contributed by atoms with Crippen LogP contribution in [-0.4, -0.2) is 48.6 Å². The Labute approximate surface area is 135 Å². The highest BCUT2D eigenvalue weighted by molar-refractivity contribution is 5.49. The molecule has 0 spiro atoms. The predicted octanol–water partition coefficient (Wildman–Crippen LogP) is 3.82. The van der Waals surface area contributed by atoms with E-state index in [2.05, 4.69) is 53.1 Å². The summed E-state index contributed by atoms with van der Waals surface area (Å²) in [6.07, 6.45) is 11.5. The normalized spacial score (nSPS) is 21.9. The zero-order valence-corrected chi connectivity index (χ0v) is 14.0. The second-order valence-corrected chi connectivity index (χ2v) is 6.77. The molecule has 0 atom stereocenters. The van der Waals surface area contributed by atoms with Gasteiger partial charge in [0.25, 0.3) is 0 Å². The quantitative estimate of drug-likeness (QED) is 0.815. The smallest absolute Gasteiger partial charge is 0.0167 e. The number of benzene rings is 1. The van der Waals surface area contributed by atoms with Gasteiger partial charge in [-0.1, -0.05) is 56.2 Å². The van der Waals surface area contributed by atoms with Crippen molar-refractivity contribution in [3.05, 3.63) is 41.5 Å². The monoisotopic (exact) mass is 298 g/mol. The van der Waals surface area contributed by atoms with Crippen LogP contribution in [0.4, 0.5) is 0 Å². The molecule has 0 bridgehead atoms. The number of hydrogen-bond acceptors (Lipinski definition) is 2. The molecule has 1 aliphatic heterocycles. The fraction of sp³-hybridized carbons (Fsp3) is 0.600. The highest BCUT2D eigenvalue weighted by atomic mass is 15.3. The van der Waals surface area contributed by atoms with Crippen LogP contribution in [0.5, 0.6) is 0 Å². The molecule has 1 aromatic rings. The first-order valence-corrected chi connectivity index (χ1v) is 9.07. The molecule has 22 heavy (non-hydrogen) atoms. The van der Waals surface area contributed by atoms with Crippen molar-refractivity contribution in [1.29, 1.82) is 0 Å². The van der Waals surface area contributed by atoms with Crippen LogP contribution in [0.25, 0.3) is 6.08 Å². The van der Waals surface area contributed by atoms with Gasteiger partial charge < -0.3 is 0 Å². The maximum Gasteiger partial charge on any atom is 0.0167 e. The molecule has 1 heterocycles. The average molecular weight is 298 g/mol. The zero-order chi connectivity index (χ0) is 15.2. The second kappa shape index (κ2) is 7.94. The van der Waals surface area contributed by atoms with Gasteiger partial charge >= 0.3 is 0 Å². The number of hydrogen-bond donors (Lipinski definition) is 0. The van der Waals surface area contributed by atoms with Gasteiger partial charge in [-0.15, -0.1) is 0 Å². The van der Waals surface area contributed by atoms with Gasteiger partial charge in [-0.3, -0.25) is 9.80 Å². The molecule has 0 amide bonds. The summed E-state index contributed by atoms with van der Waals surface area (Å²) in [5.74, 6) is 0. The molecular formula is C20H30N2. The molecule has 1 saturated carbocycles. The van der Waals surface area contributed by atoms with Crippen LogP contribution in [0.15, 0.2) is 30.3 Å². The largest absolute Gasteiger partial charge is 0.298 e. The van der Waals surface area contributed by atoms with Crippen molar-refractivity contribution in [1.82, 2.24) is 9.80 Å². The van der Waals surface area contributed by atoms with Gasteiger partial charge in [0, 0.05) is 38.8 Å². The van der Waals surface area contributed by atoms with Crippen LogP contribution in [-0.2, 0) is 6.42 Å². The van der Waals surface area contributed by atoms with Crippen molar-refractivity contribution in [3.8, 4) is 0 Å². The highest BCUT2D eigenvalue weighted by Gasteiger charge is 2.25. The van der Waals surface area contributed by atoms with Crippen molar-refractivity contribution >= 4 is 6.08 Å². The molecule has 1 aromatic carbocycles. The predicted molar refractivity (Wildman–Crippen MR) is 95.1 cm³/mol. The van der Waals surface area contributed by atoms with Crippen molar-refractivity contribution in [3.63, 3.8) is 0 Å². The van der Waals surface area contributed by atoms with Gasteiger partial charge in [-0.25, -0.2) is 0 Å². The number of nitrogens with zero attached hydrogens (tertiary/aromatic N) is 2. The Morgan fingerprint density at radius 2 is 1.68 bits per heavy atom. The standard InChI is InChI=1S/C20H30N2/c1-2-18-9-11-19(12-10-18)6-5-13-21-14-16-22(17-15-21)20-7-3-4-8-20/h5-6,9-12,20H,2-4,7-8,13-17H2,1H3/b6-5+. The summed E-state index contributed by atoms with van der Waals surface area (Å²) in [6, 6.07) is 9.83. The molecule has 120 valence electrons. The van der Waals surface area contributed by atoms with Crippen molar-refractivity contribution in [2.24, 2.45) is 0 Å². The molecular weight excluding hydrogens is 268 g/mol. The molecule has 1 aliphatic carbocycles. The third-order valence-corrected chi connectivity index (χ3v) is 5.31. The Hall–Kier alpha value is -1.12. The maximum absolute atomic E-state index is 2.73. The molecule has 0 N–H and O–H groups in total. The Balaban J connectivity index is 1.41. The van der Waals surface area contributed by atoms with Crippen LogP contribution >= 0.6 is 0 Å². The fourth-order valence-electron chi connectivity index (χ4n) is 3.78. The molecule has 2 fully saturated rings. The molecule has 0 radical (unpaired) electrons. The molecule has 0 aromatic heterocycles. The lowest BCUT2D eigenvalue weighted by atomic mass is 10.1. The molecule has 2 nitrogen and oxygen atoms in total. The van der Waals surface area contributed by atoms with Gasteiger partial charge in [-0.2, -0.15) is 0 Å². The first-order valence-electron chi connectivity index (χ1n) is 9.07. The summed E-state index contributed by atoms with van der Waals surface area (Å²) in [5.41, 5.74) is 2.74. The van der Waals surface area contributed by atoms with E-state index < -0.39 is 0 Å². The van der Waals surface area contributed by atoms with Gasteiger partial charge in [0.2, 0.25) is 0 Å². The molecule has 1 saturated heterocycles. The molecule has 0 unspecified atom stereocenters. The summed E-state index contributed by atoms with van der Waals surface area (Å²) in [7, 11) is 0. The summed E-state index contributed by atoms with van der Waals surface area (Å²) < 4.78 is 0. The Morgan fingerprint density at radius 1 is 1.00 bits per heavy atom. The lowest BCUT2D eigenvalue weighted by Crippen LogP contribution is -2.49. The second-order valence-electron chi connectivity index (χ2n) is 6.77. The van der Waals surface area contributed by atoms with Gasteiger partial charge in [-0.05, 0) is 30.4 Å². The van der Waals surface area contributed by atoms with E-state index in [9.17, 15) is 0 Å². The lowest BCUT2D eigenvalue weighted by molar-refractivity contribution is 0.105. The van der Waals surface area contributed by atoms with E-state index in [0.29, 0.717) is 0 Å².